The molecule has 0 aliphatic heterocycles. The molecular weight excluding hydrogens is 484 g/mol. The van der Waals surface area contributed by atoms with Crippen LogP contribution in [0, 0.1) is 5.92 Å². The first kappa shape index (κ1) is 30.5. The Morgan fingerprint density at radius 1 is 0.816 bits per heavy atom. The molecule has 0 saturated carbocycles. The number of carbonyl (C=O) groups excluding carboxylic acids is 3. The van der Waals surface area contributed by atoms with E-state index in [4.69, 9.17) is 0 Å². The molecule has 2 aromatic carbocycles. The average Bonchev–Trinajstić information content (AvgIpc) is 2.89. The predicted octanol–water partition coefficient (Wildman–Crippen LogP) is 3.46. The number of benzene rings is 2. The zero-order valence-electron chi connectivity index (χ0n) is 22.4. The van der Waals surface area contributed by atoms with E-state index < -0.39 is 30.0 Å². The molecule has 0 fully saturated rings. The Morgan fingerprint density at radius 3 is 2.05 bits per heavy atom. The quantitative estimate of drug-likeness (QED) is 0.213. The van der Waals surface area contributed by atoms with E-state index in [-0.39, 0.29) is 17.7 Å². The Morgan fingerprint density at radius 2 is 1.45 bits per heavy atom. The second-order valence-electron chi connectivity index (χ2n) is 9.83. The van der Waals surface area contributed by atoms with Crippen LogP contribution in [0.3, 0.4) is 0 Å². The second kappa shape index (κ2) is 16.2. The summed E-state index contributed by atoms with van der Waals surface area (Å²) >= 11 is 0. The van der Waals surface area contributed by atoms with Crippen LogP contribution in [0.25, 0.3) is 0 Å². The molecule has 0 aliphatic carbocycles. The Balaban J connectivity index is 1.94. The van der Waals surface area contributed by atoms with E-state index in [2.05, 4.69) is 21.3 Å². The van der Waals surface area contributed by atoms with E-state index in [1.54, 1.807) is 24.3 Å². The third-order valence-electron chi connectivity index (χ3n) is 6.00. The smallest absolute Gasteiger partial charge is 0.320 e. The van der Waals surface area contributed by atoms with Gasteiger partial charge in [-0.25, -0.2) is 0 Å². The summed E-state index contributed by atoms with van der Waals surface area (Å²) in [5, 5.41) is 20.7. The Bertz CT molecular complexity index is 1030. The summed E-state index contributed by atoms with van der Waals surface area (Å²) in [4.78, 5) is 49.8. The van der Waals surface area contributed by atoms with Crippen molar-refractivity contribution in [3.63, 3.8) is 0 Å². The monoisotopic (exact) mass is 524 g/mol. The van der Waals surface area contributed by atoms with E-state index in [0.717, 1.165) is 5.56 Å². The van der Waals surface area contributed by atoms with Gasteiger partial charge in [-0.05, 0) is 49.8 Å². The van der Waals surface area contributed by atoms with Crippen molar-refractivity contribution >= 4 is 29.4 Å². The van der Waals surface area contributed by atoms with Crippen LogP contribution in [0.5, 0.6) is 0 Å². The van der Waals surface area contributed by atoms with Gasteiger partial charge in [-0.2, -0.15) is 0 Å². The fraction of sp³-hybridized carbons (Fsp3) is 0.448. The fourth-order valence-electron chi connectivity index (χ4n) is 3.91. The molecule has 0 unspecified atom stereocenters. The van der Waals surface area contributed by atoms with E-state index in [1.807, 2.05) is 50.2 Å². The minimum absolute atomic E-state index is 0.0868. The third-order valence-corrected chi connectivity index (χ3v) is 6.00. The molecule has 0 bridgehead atoms. The summed E-state index contributed by atoms with van der Waals surface area (Å²) in [5.74, 6) is -1.81. The van der Waals surface area contributed by atoms with Crippen LogP contribution < -0.4 is 21.3 Å². The van der Waals surface area contributed by atoms with Gasteiger partial charge in [-0.1, -0.05) is 68.8 Å². The van der Waals surface area contributed by atoms with E-state index in [1.165, 1.54) is 6.92 Å². The first-order valence-corrected chi connectivity index (χ1v) is 13.1. The maximum Gasteiger partial charge on any atom is 0.320 e. The molecule has 0 spiro atoms. The van der Waals surface area contributed by atoms with Crippen molar-refractivity contribution in [2.24, 2.45) is 5.92 Å². The summed E-state index contributed by atoms with van der Waals surface area (Å²) in [6.07, 6.45) is 2.11. The van der Waals surface area contributed by atoms with Crippen LogP contribution in [-0.2, 0) is 25.7 Å². The Kier molecular flexibility index (Phi) is 13.0. The van der Waals surface area contributed by atoms with Gasteiger partial charge >= 0.3 is 5.97 Å². The zero-order valence-corrected chi connectivity index (χ0v) is 22.4. The molecule has 5 N–H and O–H groups in total. The van der Waals surface area contributed by atoms with Crippen molar-refractivity contribution < 1.29 is 24.3 Å². The molecule has 0 radical (unpaired) electrons. The standard InChI is InChI=1S/C29H40N4O5/c1-20(2)18-25(28(36)32-23-14-8-5-9-15-23)33-27(35)24(31-21(3)29(37)38)16-10-11-17-26(34)30-19-22-12-6-4-7-13-22/h4-9,12-15,20-21,24-25,31H,10-11,16-19H2,1-3H3,(H,30,34)(H,32,36)(H,33,35)(H,37,38)/t21-,24+,25+/m1/s1. The molecule has 38 heavy (non-hydrogen) atoms. The Labute approximate surface area is 224 Å². The van der Waals surface area contributed by atoms with Crippen LogP contribution in [-0.4, -0.2) is 46.9 Å². The lowest BCUT2D eigenvalue weighted by Gasteiger charge is -2.25. The molecule has 0 heterocycles. The number of carboxylic acid groups (broad SMARTS) is 1. The molecule has 0 saturated heterocycles. The van der Waals surface area contributed by atoms with Crippen molar-refractivity contribution in [3.8, 4) is 0 Å². The van der Waals surface area contributed by atoms with E-state index in [9.17, 15) is 24.3 Å². The van der Waals surface area contributed by atoms with Gasteiger partial charge < -0.3 is 21.1 Å². The summed E-state index contributed by atoms with van der Waals surface area (Å²) in [7, 11) is 0. The number of carbonyl (C=O) groups is 4. The molecule has 0 aliphatic rings. The number of anilines is 1. The van der Waals surface area contributed by atoms with Crippen LogP contribution in [0.15, 0.2) is 60.7 Å². The summed E-state index contributed by atoms with van der Waals surface area (Å²) < 4.78 is 0. The van der Waals surface area contributed by atoms with Gasteiger partial charge in [0.25, 0.3) is 0 Å². The van der Waals surface area contributed by atoms with Crippen molar-refractivity contribution in [2.45, 2.75) is 77.5 Å². The lowest BCUT2D eigenvalue weighted by molar-refractivity contribution is -0.139. The number of hydrogen-bond donors (Lipinski definition) is 5. The minimum atomic E-state index is -1.08. The fourth-order valence-corrected chi connectivity index (χ4v) is 3.91. The topological polar surface area (TPSA) is 137 Å². The minimum Gasteiger partial charge on any atom is -0.480 e. The number of aliphatic carboxylic acids is 1. The Hall–Kier alpha value is -3.72. The largest absolute Gasteiger partial charge is 0.480 e. The molecular formula is C29H40N4O5. The van der Waals surface area contributed by atoms with Crippen molar-refractivity contribution in [2.75, 3.05) is 5.32 Å². The van der Waals surface area contributed by atoms with Crippen LogP contribution in [0.2, 0.25) is 0 Å². The highest BCUT2D eigenvalue weighted by Crippen LogP contribution is 2.12. The van der Waals surface area contributed by atoms with Gasteiger partial charge in [0.1, 0.15) is 12.1 Å². The maximum absolute atomic E-state index is 13.2. The first-order valence-electron chi connectivity index (χ1n) is 13.1. The van der Waals surface area contributed by atoms with Crippen molar-refractivity contribution in [3.05, 3.63) is 66.2 Å². The van der Waals surface area contributed by atoms with Crippen molar-refractivity contribution in [1.82, 2.24) is 16.0 Å². The number of para-hydroxylation sites is 1. The van der Waals surface area contributed by atoms with Gasteiger partial charge in [0.05, 0.1) is 6.04 Å². The highest BCUT2D eigenvalue weighted by atomic mass is 16.4. The first-order chi connectivity index (χ1) is 18.2. The van der Waals surface area contributed by atoms with Gasteiger partial charge in [0, 0.05) is 18.7 Å². The summed E-state index contributed by atoms with van der Waals surface area (Å²) in [6.45, 7) is 5.83. The molecule has 3 amide bonds. The van der Waals surface area contributed by atoms with Crippen LogP contribution >= 0.6 is 0 Å². The molecule has 206 valence electrons. The van der Waals surface area contributed by atoms with E-state index in [0.29, 0.717) is 44.3 Å². The molecule has 0 aromatic heterocycles. The third kappa shape index (κ3) is 11.6. The van der Waals surface area contributed by atoms with Gasteiger partial charge in [0.15, 0.2) is 0 Å². The molecule has 2 rings (SSSR count). The summed E-state index contributed by atoms with van der Waals surface area (Å²) in [5.41, 5.74) is 1.64. The highest BCUT2D eigenvalue weighted by molar-refractivity contribution is 5.98. The molecule has 2 aromatic rings. The van der Waals surface area contributed by atoms with Crippen LogP contribution in [0.4, 0.5) is 5.69 Å². The number of amides is 3. The molecule has 9 heteroatoms. The van der Waals surface area contributed by atoms with Crippen LogP contribution in [0.1, 0.15) is 58.4 Å². The second-order valence-corrected chi connectivity index (χ2v) is 9.83. The van der Waals surface area contributed by atoms with Gasteiger partial charge in [0.2, 0.25) is 17.7 Å². The van der Waals surface area contributed by atoms with Gasteiger partial charge in [-0.3, -0.25) is 24.5 Å². The SMILES string of the molecule is CC(C)C[C@H](NC(=O)[C@H](CCCCC(=O)NCc1ccccc1)N[C@H](C)C(=O)O)C(=O)Nc1ccccc1. The number of rotatable bonds is 16. The number of hydrogen-bond acceptors (Lipinski definition) is 5. The number of carboxylic acids is 1. The zero-order chi connectivity index (χ0) is 27.9. The molecule has 3 atom stereocenters. The number of nitrogens with one attached hydrogen (secondary N) is 4. The normalized spacial score (nSPS) is 13.3. The lowest BCUT2D eigenvalue weighted by atomic mass is 10.0. The molecule has 9 nitrogen and oxygen atoms in total. The maximum atomic E-state index is 13.2. The lowest BCUT2D eigenvalue weighted by Crippen LogP contribution is -2.54. The highest BCUT2D eigenvalue weighted by Gasteiger charge is 2.28. The van der Waals surface area contributed by atoms with E-state index >= 15 is 0 Å². The van der Waals surface area contributed by atoms with Crippen molar-refractivity contribution in [1.29, 1.82) is 0 Å². The predicted molar refractivity (Wildman–Crippen MR) is 147 cm³/mol. The average molecular weight is 525 g/mol. The summed E-state index contributed by atoms with van der Waals surface area (Å²) in [6, 6.07) is 16.0. The van der Waals surface area contributed by atoms with Gasteiger partial charge in [-0.15, -0.1) is 0 Å². The number of unbranched alkanes of at least 4 members (excludes halogenated alkanes) is 1.